The molecule has 0 aliphatic heterocycles. The minimum atomic E-state index is 0.641. The molecule has 0 atom stereocenters. The van der Waals surface area contributed by atoms with E-state index in [9.17, 15) is 0 Å². The maximum absolute atomic E-state index is 5.76. The van der Waals surface area contributed by atoms with Gasteiger partial charge in [-0.25, -0.2) is 15.8 Å². The van der Waals surface area contributed by atoms with Crippen molar-refractivity contribution in [2.45, 2.75) is 10.8 Å². The van der Waals surface area contributed by atoms with E-state index in [1.807, 2.05) is 30.3 Å². The van der Waals surface area contributed by atoms with Gasteiger partial charge in [0.15, 0.2) is 0 Å². The fourth-order valence-corrected chi connectivity index (χ4v) is 2.10. The summed E-state index contributed by atoms with van der Waals surface area (Å²) in [6.07, 6.45) is 1.63. The van der Waals surface area contributed by atoms with E-state index >= 15 is 0 Å². The molecule has 2 heterocycles. The van der Waals surface area contributed by atoms with Gasteiger partial charge in [0.1, 0.15) is 5.82 Å². The number of hydrogen-bond acceptors (Lipinski definition) is 5. The molecule has 0 saturated heterocycles. The van der Waals surface area contributed by atoms with E-state index in [0.29, 0.717) is 10.8 Å². The molecule has 2 aromatic heterocycles. The van der Waals surface area contributed by atoms with Gasteiger partial charge in [0.05, 0.1) is 15.7 Å². The Balaban J connectivity index is 1.99. The van der Waals surface area contributed by atoms with Crippen LogP contribution in [0.1, 0.15) is 5.69 Å². The van der Waals surface area contributed by atoms with E-state index < -0.39 is 0 Å². The van der Waals surface area contributed by atoms with Crippen LogP contribution in [0.2, 0.25) is 5.02 Å². The van der Waals surface area contributed by atoms with E-state index in [-0.39, 0.29) is 0 Å². The van der Waals surface area contributed by atoms with Gasteiger partial charge in [-0.1, -0.05) is 17.7 Å². The minimum absolute atomic E-state index is 0.641. The van der Waals surface area contributed by atoms with E-state index in [4.69, 9.17) is 17.4 Å². The van der Waals surface area contributed by atoms with Gasteiger partial charge in [-0.05, 0) is 24.3 Å². The number of hydrogen-bond donors (Lipinski definition) is 2. The second kappa shape index (κ2) is 5.86. The van der Waals surface area contributed by atoms with Crippen molar-refractivity contribution < 1.29 is 0 Å². The molecule has 17 heavy (non-hydrogen) atoms. The minimum Gasteiger partial charge on any atom is -0.308 e. The molecule has 0 aromatic carbocycles. The van der Waals surface area contributed by atoms with Gasteiger partial charge in [0.2, 0.25) is 0 Å². The third-order valence-corrected chi connectivity index (χ3v) is 3.22. The fraction of sp³-hybridized carbons (Fsp3) is 0.0909. The number of rotatable bonds is 4. The number of nitrogens with one attached hydrogen (secondary N) is 1. The lowest BCUT2D eigenvalue weighted by molar-refractivity contribution is 1.11. The van der Waals surface area contributed by atoms with Crippen LogP contribution in [0.25, 0.3) is 0 Å². The van der Waals surface area contributed by atoms with E-state index in [1.165, 1.54) is 0 Å². The topological polar surface area (TPSA) is 63.8 Å². The lowest BCUT2D eigenvalue weighted by atomic mass is 10.4. The van der Waals surface area contributed by atoms with Crippen LogP contribution in [-0.2, 0) is 5.75 Å². The highest BCUT2D eigenvalue weighted by Crippen LogP contribution is 2.21. The van der Waals surface area contributed by atoms with Crippen molar-refractivity contribution in [2.24, 2.45) is 5.84 Å². The predicted octanol–water partition coefficient (Wildman–Crippen LogP) is 2.71. The first-order chi connectivity index (χ1) is 8.28. The molecule has 3 N–H and O–H groups in total. The smallest absolute Gasteiger partial charge is 0.140 e. The van der Waals surface area contributed by atoms with Crippen LogP contribution in [0.5, 0.6) is 0 Å². The van der Waals surface area contributed by atoms with Gasteiger partial charge in [0, 0.05) is 11.9 Å². The van der Waals surface area contributed by atoms with Gasteiger partial charge in [0.25, 0.3) is 0 Å². The van der Waals surface area contributed by atoms with Gasteiger partial charge in [-0.3, -0.25) is 0 Å². The molecule has 0 unspecified atom stereocenters. The maximum atomic E-state index is 5.76. The quantitative estimate of drug-likeness (QED) is 0.506. The van der Waals surface area contributed by atoms with Gasteiger partial charge in [-0.15, -0.1) is 11.8 Å². The molecule has 2 aromatic rings. The number of hydrazine groups is 1. The Hall–Kier alpha value is -1.30. The molecule has 0 saturated carbocycles. The Labute approximate surface area is 109 Å². The molecule has 2 rings (SSSR count). The summed E-state index contributed by atoms with van der Waals surface area (Å²) >= 11 is 7.36. The standard InChI is InChI=1S/C11H11ClN4S/c12-8-4-5-11(14-6-8)17-7-9-2-1-3-10(15-9)16-13/h1-6H,7,13H2,(H,15,16). The highest BCUT2D eigenvalue weighted by molar-refractivity contribution is 7.98. The zero-order chi connectivity index (χ0) is 12.1. The first kappa shape index (κ1) is 12.2. The van der Waals surface area contributed by atoms with Crippen molar-refractivity contribution in [3.63, 3.8) is 0 Å². The lowest BCUT2D eigenvalue weighted by Gasteiger charge is -2.03. The third kappa shape index (κ3) is 3.59. The van der Waals surface area contributed by atoms with Crippen LogP contribution >= 0.6 is 23.4 Å². The average molecular weight is 267 g/mol. The number of nitrogen functional groups attached to an aromatic ring is 1. The lowest BCUT2D eigenvalue weighted by Crippen LogP contribution is -2.08. The Morgan fingerprint density at radius 2 is 2.18 bits per heavy atom. The van der Waals surface area contributed by atoms with E-state index in [0.717, 1.165) is 16.5 Å². The first-order valence-electron chi connectivity index (χ1n) is 4.95. The monoisotopic (exact) mass is 266 g/mol. The molecule has 0 aliphatic rings. The third-order valence-electron chi connectivity index (χ3n) is 2.02. The highest BCUT2D eigenvalue weighted by atomic mass is 35.5. The van der Waals surface area contributed by atoms with Crippen molar-refractivity contribution in [1.82, 2.24) is 9.97 Å². The summed E-state index contributed by atoms with van der Waals surface area (Å²) < 4.78 is 0. The summed E-state index contributed by atoms with van der Waals surface area (Å²) in [4.78, 5) is 8.51. The van der Waals surface area contributed by atoms with Crippen molar-refractivity contribution >= 4 is 29.2 Å². The molecule has 0 radical (unpaired) electrons. The normalized spacial score (nSPS) is 10.2. The number of halogens is 1. The Morgan fingerprint density at radius 1 is 1.29 bits per heavy atom. The van der Waals surface area contributed by atoms with Crippen LogP contribution in [0.4, 0.5) is 5.82 Å². The summed E-state index contributed by atoms with van der Waals surface area (Å²) in [6, 6.07) is 9.38. The average Bonchev–Trinajstić information content (AvgIpc) is 2.38. The molecule has 4 nitrogen and oxygen atoms in total. The number of anilines is 1. The first-order valence-corrected chi connectivity index (χ1v) is 6.31. The SMILES string of the molecule is NNc1cccc(CSc2ccc(Cl)cn2)n1. The molecule has 0 fully saturated rings. The Morgan fingerprint density at radius 3 is 2.88 bits per heavy atom. The molecule has 6 heteroatoms. The van der Waals surface area contributed by atoms with Crippen molar-refractivity contribution in [3.8, 4) is 0 Å². The number of thioether (sulfide) groups is 1. The van der Waals surface area contributed by atoms with Crippen LogP contribution in [-0.4, -0.2) is 9.97 Å². The molecular weight excluding hydrogens is 256 g/mol. The number of aromatic nitrogens is 2. The van der Waals surface area contributed by atoms with Crippen LogP contribution < -0.4 is 11.3 Å². The fourth-order valence-electron chi connectivity index (χ4n) is 1.24. The summed E-state index contributed by atoms with van der Waals surface area (Å²) in [5, 5.41) is 1.56. The van der Waals surface area contributed by atoms with Gasteiger partial charge < -0.3 is 5.43 Å². The summed E-state index contributed by atoms with van der Waals surface area (Å²) in [5.41, 5.74) is 3.47. The van der Waals surface area contributed by atoms with Crippen LogP contribution in [0, 0.1) is 0 Å². The van der Waals surface area contributed by atoms with E-state index in [2.05, 4.69) is 15.4 Å². The number of nitrogens with two attached hydrogens (primary N) is 1. The van der Waals surface area contributed by atoms with Crippen molar-refractivity contribution in [2.75, 3.05) is 5.43 Å². The molecule has 0 aliphatic carbocycles. The summed E-state index contributed by atoms with van der Waals surface area (Å²) in [7, 11) is 0. The largest absolute Gasteiger partial charge is 0.308 e. The van der Waals surface area contributed by atoms with Gasteiger partial charge >= 0.3 is 0 Å². The molecular formula is C11H11ClN4S. The molecule has 0 spiro atoms. The van der Waals surface area contributed by atoms with Crippen molar-refractivity contribution in [3.05, 3.63) is 47.2 Å². The number of nitrogens with zero attached hydrogens (tertiary/aromatic N) is 2. The van der Waals surface area contributed by atoms with Crippen LogP contribution in [0.15, 0.2) is 41.6 Å². The van der Waals surface area contributed by atoms with E-state index in [1.54, 1.807) is 18.0 Å². The molecule has 0 bridgehead atoms. The predicted molar refractivity (Wildman–Crippen MR) is 70.9 cm³/mol. The summed E-state index contributed by atoms with van der Waals surface area (Å²) in [6.45, 7) is 0. The summed E-state index contributed by atoms with van der Waals surface area (Å²) in [5.74, 6) is 6.70. The highest BCUT2D eigenvalue weighted by Gasteiger charge is 2.00. The zero-order valence-electron chi connectivity index (χ0n) is 8.93. The second-order valence-electron chi connectivity index (χ2n) is 3.26. The Bertz CT molecular complexity index is 489. The second-order valence-corrected chi connectivity index (χ2v) is 4.69. The van der Waals surface area contributed by atoms with Crippen LogP contribution in [0.3, 0.4) is 0 Å². The zero-order valence-corrected chi connectivity index (χ0v) is 10.5. The van der Waals surface area contributed by atoms with Gasteiger partial charge in [-0.2, -0.15) is 0 Å². The Kier molecular flexibility index (Phi) is 4.19. The molecule has 0 amide bonds. The molecule has 88 valence electrons. The van der Waals surface area contributed by atoms with Crippen molar-refractivity contribution in [1.29, 1.82) is 0 Å². The maximum Gasteiger partial charge on any atom is 0.140 e. The number of pyridine rings is 2.